The van der Waals surface area contributed by atoms with Crippen LogP contribution < -0.4 is 16.2 Å². The number of anilines is 2. The van der Waals surface area contributed by atoms with Gasteiger partial charge in [0.15, 0.2) is 0 Å². The fourth-order valence-corrected chi connectivity index (χ4v) is 6.26. The van der Waals surface area contributed by atoms with Gasteiger partial charge in [0, 0.05) is 17.5 Å². The predicted molar refractivity (Wildman–Crippen MR) is 149 cm³/mol. The lowest BCUT2D eigenvalue weighted by Crippen LogP contribution is -2.22. The van der Waals surface area contributed by atoms with Crippen molar-refractivity contribution in [3.05, 3.63) is 77.1 Å². The molecule has 1 atom stereocenters. The van der Waals surface area contributed by atoms with E-state index < -0.39 is 15.8 Å². The molecule has 2 aromatic carbocycles. The second-order valence-corrected chi connectivity index (χ2v) is 11.7. The fraction of sp³-hybridized carbons (Fsp3) is 0.259. The number of aromatic nitrogens is 3. The Balaban J connectivity index is 1.60. The first-order valence-corrected chi connectivity index (χ1v) is 14.1. The maximum atomic E-state index is 15.3. The molecule has 4 aromatic rings. The number of nitrogens with one attached hydrogen (secondary N) is 1. The summed E-state index contributed by atoms with van der Waals surface area (Å²) < 4.78 is 45.2. The number of allylic oxidation sites excluding steroid dienone is 1. The molecule has 0 aliphatic heterocycles. The Morgan fingerprint density at radius 1 is 1.21 bits per heavy atom. The molecule has 11 heteroatoms. The van der Waals surface area contributed by atoms with E-state index in [2.05, 4.69) is 15.8 Å². The molecule has 38 heavy (non-hydrogen) atoms. The third kappa shape index (κ3) is 4.75. The highest BCUT2D eigenvalue weighted by molar-refractivity contribution is 7.92. The molecule has 0 amide bonds. The number of fused-ring (bicyclic) bond motifs is 1. The molecular weight excluding hydrogens is 527 g/mol. The number of benzene rings is 2. The number of hydrogen-bond donors (Lipinski definition) is 3. The summed E-state index contributed by atoms with van der Waals surface area (Å²) in [5, 5.41) is 0.0385. The highest BCUT2D eigenvalue weighted by Crippen LogP contribution is 2.36. The molecule has 0 fully saturated rings. The predicted octanol–water partition coefficient (Wildman–Crippen LogP) is 5.59. The topological polar surface area (TPSA) is 128 Å². The van der Waals surface area contributed by atoms with Crippen LogP contribution in [0.25, 0.3) is 22.3 Å². The highest BCUT2D eigenvalue weighted by atomic mass is 35.5. The molecule has 0 saturated heterocycles. The SMILES string of the molecule is CC(C)c1nc(-c2ccc(NS(=O)(=O)c3ccccc3Cl)c(F)c2)c2c(N)ncc(C3=CCC(N)CC3)n12. The maximum Gasteiger partial charge on any atom is 0.263 e. The smallest absolute Gasteiger partial charge is 0.263 e. The molecule has 198 valence electrons. The first kappa shape index (κ1) is 26.1. The molecular formula is C27H28ClFN6O2S. The maximum absolute atomic E-state index is 15.3. The summed E-state index contributed by atoms with van der Waals surface area (Å²) in [6.45, 7) is 4.05. The summed E-state index contributed by atoms with van der Waals surface area (Å²) in [5.74, 6) is 0.297. The van der Waals surface area contributed by atoms with Crippen LogP contribution in [0.5, 0.6) is 0 Å². The van der Waals surface area contributed by atoms with Gasteiger partial charge in [-0.05, 0) is 49.1 Å². The number of nitrogens with two attached hydrogens (primary N) is 2. The summed E-state index contributed by atoms with van der Waals surface area (Å²) >= 11 is 6.04. The van der Waals surface area contributed by atoms with Gasteiger partial charge in [0.1, 0.15) is 33.6 Å². The van der Waals surface area contributed by atoms with Crippen LogP contribution in [-0.2, 0) is 10.0 Å². The number of halogens is 2. The average molecular weight is 555 g/mol. The van der Waals surface area contributed by atoms with Crippen molar-refractivity contribution < 1.29 is 12.8 Å². The molecule has 0 saturated carbocycles. The average Bonchev–Trinajstić information content (AvgIpc) is 3.28. The molecule has 2 aromatic heterocycles. The minimum Gasteiger partial charge on any atom is -0.382 e. The molecule has 0 bridgehead atoms. The van der Waals surface area contributed by atoms with Crippen molar-refractivity contribution >= 4 is 44.2 Å². The van der Waals surface area contributed by atoms with E-state index in [1.165, 1.54) is 24.3 Å². The van der Waals surface area contributed by atoms with E-state index in [1.54, 1.807) is 24.4 Å². The molecule has 8 nitrogen and oxygen atoms in total. The first-order chi connectivity index (χ1) is 18.1. The van der Waals surface area contributed by atoms with Gasteiger partial charge >= 0.3 is 0 Å². The summed E-state index contributed by atoms with van der Waals surface area (Å²) in [5.41, 5.74) is 15.7. The van der Waals surface area contributed by atoms with E-state index in [1.807, 2.05) is 18.2 Å². The Kier molecular flexibility index (Phi) is 6.89. The molecule has 1 aliphatic carbocycles. The van der Waals surface area contributed by atoms with Gasteiger partial charge in [-0.2, -0.15) is 0 Å². The van der Waals surface area contributed by atoms with Crippen LogP contribution in [0.2, 0.25) is 5.02 Å². The van der Waals surface area contributed by atoms with Crippen LogP contribution in [0.3, 0.4) is 0 Å². The zero-order valence-corrected chi connectivity index (χ0v) is 22.5. The van der Waals surface area contributed by atoms with Crippen LogP contribution in [0.4, 0.5) is 15.9 Å². The number of sulfonamides is 1. The van der Waals surface area contributed by atoms with Crippen LogP contribution >= 0.6 is 11.6 Å². The first-order valence-electron chi connectivity index (χ1n) is 12.3. The second-order valence-electron chi connectivity index (χ2n) is 9.68. The van der Waals surface area contributed by atoms with E-state index >= 15 is 4.39 Å². The molecule has 1 unspecified atom stereocenters. The fourth-order valence-electron chi connectivity index (χ4n) is 4.68. The zero-order chi connectivity index (χ0) is 27.2. The number of rotatable bonds is 6. The molecule has 1 aliphatic rings. The summed E-state index contributed by atoms with van der Waals surface area (Å²) in [7, 11) is -4.10. The van der Waals surface area contributed by atoms with Gasteiger partial charge < -0.3 is 11.5 Å². The Morgan fingerprint density at radius 3 is 2.63 bits per heavy atom. The van der Waals surface area contributed by atoms with Gasteiger partial charge in [0.2, 0.25) is 0 Å². The van der Waals surface area contributed by atoms with E-state index in [4.69, 9.17) is 28.1 Å². The van der Waals surface area contributed by atoms with E-state index in [-0.39, 0.29) is 33.4 Å². The number of nitrogens with zero attached hydrogens (tertiary/aromatic N) is 3. The largest absolute Gasteiger partial charge is 0.382 e. The van der Waals surface area contributed by atoms with E-state index in [9.17, 15) is 8.42 Å². The quantitative estimate of drug-likeness (QED) is 0.285. The lowest BCUT2D eigenvalue weighted by molar-refractivity contribution is 0.598. The minimum absolute atomic E-state index is 0.0369. The van der Waals surface area contributed by atoms with Crippen molar-refractivity contribution in [2.45, 2.75) is 50.0 Å². The third-order valence-corrected chi connectivity index (χ3v) is 8.49. The van der Waals surface area contributed by atoms with Crippen molar-refractivity contribution in [2.75, 3.05) is 10.5 Å². The molecule has 0 radical (unpaired) electrons. The molecule has 5 rings (SSSR count). The van der Waals surface area contributed by atoms with Gasteiger partial charge in [-0.3, -0.25) is 9.12 Å². The molecule has 0 spiro atoms. The van der Waals surface area contributed by atoms with Gasteiger partial charge in [0.25, 0.3) is 10.0 Å². The van der Waals surface area contributed by atoms with Gasteiger partial charge in [-0.1, -0.05) is 49.7 Å². The van der Waals surface area contributed by atoms with Crippen molar-refractivity contribution in [3.8, 4) is 11.3 Å². The number of imidazole rings is 1. The monoisotopic (exact) mass is 554 g/mol. The minimum atomic E-state index is -4.10. The van der Waals surface area contributed by atoms with Crippen LogP contribution in [0, 0.1) is 5.82 Å². The van der Waals surface area contributed by atoms with Crippen LogP contribution in [0.15, 0.2) is 59.6 Å². The standard InChI is InChI=1S/C27H28ClFN6O2S/c1-15(2)27-33-24(25-26(31)32-14-22(35(25)27)16-7-10-18(30)11-8-16)17-9-12-21(20(29)13-17)34-38(36,37)23-6-4-3-5-19(23)28/h3-7,9,12-15,18,34H,8,10-11,30H2,1-2H3,(H2,31,32). The van der Waals surface area contributed by atoms with Crippen LogP contribution in [-0.4, -0.2) is 28.8 Å². The lowest BCUT2D eigenvalue weighted by Gasteiger charge is -2.20. The van der Waals surface area contributed by atoms with Gasteiger partial charge in [0.05, 0.1) is 22.6 Å². The highest BCUT2D eigenvalue weighted by Gasteiger charge is 2.25. The molecule has 5 N–H and O–H groups in total. The van der Waals surface area contributed by atoms with Crippen molar-refractivity contribution in [3.63, 3.8) is 0 Å². The lowest BCUT2D eigenvalue weighted by atomic mass is 9.94. The summed E-state index contributed by atoms with van der Waals surface area (Å²) in [6, 6.07) is 10.3. The van der Waals surface area contributed by atoms with Crippen molar-refractivity contribution in [1.82, 2.24) is 14.4 Å². The summed E-state index contributed by atoms with van der Waals surface area (Å²) in [6.07, 6.45) is 6.32. The zero-order valence-electron chi connectivity index (χ0n) is 20.9. The number of nitrogen functional groups attached to an aromatic ring is 1. The van der Waals surface area contributed by atoms with Gasteiger partial charge in [-0.15, -0.1) is 0 Å². The third-order valence-electron chi connectivity index (χ3n) is 6.62. The van der Waals surface area contributed by atoms with E-state index in [0.717, 1.165) is 36.4 Å². The Morgan fingerprint density at radius 2 is 1.97 bits per heavy atom. The normalized spacial score (nSPS) is 16.2. The van der Waals surface area contributed by atoms with Crippen molar-refractivity contribution in [1.29, 1.82) is 0 Å². The molecule has 2 heterocycles. The van der Waals surface area contributed by atoms with Gasteiger partial charge in [-0.25, -0.2) is 22.8 Å². The van der Waals surface area contributed by atoms with Crippen molar-refractivity contribution in [2.24, 2.45) is 5.73 Å². The summed E-state index contributed by atoms with van der Waals surface area (Å²) in [4.78, 5) is 9.16. The Bertz CT molecular complexity index is 1680. The second kappa shape index (κ2) is 10.0. The number of hydrogen-bond acceptors (Lipinski definition) is 6. The Labute approximate surface area is 225 Å². The van der Waals surface area contributed by atoms with Crippen LogP contribution in [0.1, 0.15) is 50.5 Å². The van der Waals surface area contributed by atoms with E-state index in [0.29, 0.717) is 16.8 Å². The Hall–Kier alpha value is -3.47.